The van der Waals surface area contributed by atoms with Crippen molar-refractivity contribution in [2.45, 2.75) is 45.7 Å². The molecule has 1 N–H and O–H groups in total. The number of imidazole rings is 1. The van der Waals surface area contributed by atoms with Gasteiger partial charge in [-0.15, -0.1) is 0 Å². The lowest BCUT2D eigenvalue weighted by Gasteiger charge is -2.29. The summed E-state index contributed by atoms with van der Waals surface area (Å²) in [5.74, 6) is 1.72. The highest BCUT2D eigenvalue weighted by atomic mass is 15.1. The number of aromatic nitrogens is 2. The van der Waals surface area contributed by atoms with E-state index in [-0.39, 0.29) is 0 Å². The predicted octanol–water partition coefficient (Wildman–Crippen LogP) is 2.43. The molecule has 3 nitrogen and oxygen atoms in total. The van der Waals surface area contributed by atoms with Crippen LogP contribution in [0.1, 0.15) is 38.3 Å². The minimum atomic E-state index is 0.846. The molecule has 1 aromatic rings. The zero-order valence-electron chi connectivity index (χ0n) is 10.4. The van der Waals surface area contributed by atoms with Crippen molar-refractivity contribution in [2.24, 2.45) is 11.8 Å². The summed E-state index contributed by atoms with van der Waals surface area (Å²) in [5, 5.41) is 3.20. The molecule has 0 aliphatic heterocycles. The van der Waals surface area contributed by atoms with Gasteiger partial charge in [0, 0.05) is 19.3 Å². The Hall–Kier alpha value is -0.830. The normalized spacial score (nSPS) is 25.9. The molecule has 0 radical (unpaired) electrons. The second-order valence-corrected chi connectivity index (χ2v) is 5.09. The molecule has 1 aliphatic carbocycles. The number of nitrogens with zero attached hydrogens (tertiary/aromatic N) is 2. The molecule has 0 bridgehead atoms. The summed E-state index contributed by atoms with van der Waals surface area (Å²) in [6.07, 6.45) is 9.58. The lowest BCUT2D eigenvalue weighted by molar-refractivity contribution is 0.226. The van der Waals surface area contributed by atoms with Crippen LogP contribution in [-0.4, -0.2) is 16.6 Å². The van der Waals surface area contributed by atoms with E-state index >= 15 is 0 Å². The Balaban J connectivity index is 1.99. The summed E-state index contributed by atoms with van der Waals surface area (Å²) in [4.78, 5) is 4.25. The average molecular weight is 221 g/mol. The molecule has 1 aliphatic rings. The zero-order chi connectivity index (χ0) is 11.4. The van der Waals surface area contributed by atoms with Crippen molar-refractivity contribution in [1.82, 2.24) is 14.9 Å². The van der Waals surface area contributed by atoms with Crippen LogP contribution in [0.25, 0.3) is 0 Å². The van der Waals surface area contributed by atoms with Gasteiger partial charge in [-0.2, -0.15) is 0 Å². The van der Waals surface area contributed by atoms with Crippen molar-refractivity contribution < 1.29 is 0 Å². The molecule has 90 valence electrons. The molecule has 2 atom stereocenters. The fraction of sp³-hybridized carbons (Fsp3) is 0.769. The van der Waals surface area contributed by atoms with Crippen molar-refractivity contribution in [2.75, 3.05) is 7.05 Å². The van der Waals surface area contributed by atoms with Gasteiger partial charge in [0.15, 0.2) is 0 Å². The van der Waals surface area contributed by atoms with Gasteiger partial charge < -0.3 is 9.88 Å². The van der Waals surface area contributed by atoms with Gasteiger partial charge in [0.2, 0.25) is 0 Å². The number of hydrogen-bond donors (Lipinski definition) is 1. The van der Waals surface area contributed by atoms with Crippen molar-refractivity contribution >= 4 is 0 Å². The first-order valence-corrected chi connectivity index (χ1v) is 6.45. The van der Waals surface area contributed by atoms with E-state index in [0.29, 0.717) is 0 Å². The highest BCUT2D eigenvalue weighted by Crippen LogP contribution is 2.30. The van der Waals surface area contributed by atoms with Gasteiger partial charge in [0.1, 0.15) is 0 Å². The molecular formula is C13H23N3. The van der Waals surface area contributed by atoms with Crippen molar-refractivity contribution in [3.8, 4) is 0 Å². The first kappa shape index (κ1) is 11.6. The molecule has 2 unspecified atom stereocenters. The van der Waals surface area contributed by atoms with E-state index in [2.05, 4.69) is 21.8 Å². The van der Waals surface area contributed by atoms with Gasteiger partial charge in [-0.25, -0.2) is 4.98 Å². The second-order valence-electron chi connectivity index (χ2n) is 5.09. The van der Waals surface area contributed by atoms with Crippen LogP contribution in [0.4, 0.5) is 0 Å². The molecule has 1 fully saturated rings. The second kappa shape index (κ2) is 5.48. The Morgan fingerprint density at radius 3 is 3.00 bits per heavy atom. The number of nitrogens with one attached hydrogen (secondary N) is 1. The van der Waals surface area contributed by atoms with E-state index < -0.39 is 0 Å². The van der Waals surface area contributed by atoms with Gasteiger partial charge >= 0.3 is 0 Å². The Bertz CT molecular complexity index is 319. The first-order valence-electron chi connectivity index (χ1n) is 6.45. The average Bonchev–Trinajstić information content (AvgIpc) is 2.70. The summed E-state index contributed by atoms with van der Waals surface area (Å²) in [6, 6.07) is 0. The molecule has 2 rings (SSSR count). The quantitative estimate of drug-likeness (QED) is 0.846. The summed E-state index contributed by atoms with van der Waals surface area (Å²) in [5.41, 5.74) is 1.31. The van der Waals surface area contributed by atoms with Gasteiger partial charge in [-0.05, 0) is 25.3 Å². The molecule has 0 aromatic carbocycles. The monoisotopic (exact) mass is 221 g/mol. The lowest BCUT2D eigenvalue weighted by atomic mass is 9.80. The minimum Gasteiger partial charge on any atom is -0.333 e. The molecule has 3 heteroatoms. The summed E-state index contributed by atoms with van der Waals surface area (Å²) in [6.45, 7) is 4.47. The fourth-order valence-corrected chi connectivity index (χ4v) is 2.76. The van der Waals surface area contributed by atoms with E-state index in [4.69, 9.17) is 0 Å². The maximum Gasteiger partial charge on any atom is 0.0948 e. The number of hydrogen-bond acceptors (Lipinski definition) is 2. The Morgan fingerprint density at radius 1 is 1.44 bits per heavy atom. The Kier molecular flexibility index (Phi) is 3.99. The molecule has 0 amide bonds. The Labute approximate surface area is 98.3 Å². The van der Waals surface area contributed by atoms with Crippen LogP contribution in [0.15, 0.2) is 12.5 Å². The van der Waals surface area contributed by atoms with Gasteiger partial charge in [-0.1, -0.05) is 26.2 Å². The van der Waals surface area contributed by atoms with Gasteiger partial charge in [-0.3, -0.25) is 0 Å². The predicted molar refractivity (Wildman–Crippen MR) is 66.1 cm³/mol. The zero-order valence-corrected chi connectivity index (χ0v) is 10.4. The van der Waals surface area contributed by atoms with Crippen LogP contribution in [0.3, 0.4) is 0 Å². The highest BCUT2D eigenvalue weighted by Gasteiger charge is 2.21. The third-order valence-corrected chi connectivity index (χ3v) is 3.88. The molecule has 0 spiro atoms. The van der Waals surface area contributed by atoms with Crippen LogP contribution in [0.2, 0.25) is 0 Å². The third-order valence-electron chi connectivity index (χ3n) is 3.88. The van der Waals surface area contributed by atoms with Crippen LogP contribution in [0.5, 0.6) is 0 Å². The standard InChI is InChI=1S/C13H23N3/c1-11-5-3-4-6-12(11)9-16-10-15-8-13(16)7-14-2/h8,10-12,14H,3-7,9H2,1-2H3. The molecule has 0 saturated heterocycles. The molecule has 1 saturated carbocycles. The van der Waals surface area contributed by atoms with Crippen molar-refractivity contribution in [3.05, 3.63) is 18.2 Å². The first-order chi connectivity index (χ1) is 7.81. The smallest absolute Gasteiger partial charge is 0.0948 e. The van der Waals surface area contributed by atoms with Crippen LogP contribution < -0.4 is 5.32 Å². The highest BCUT2D eigenvalue weighted by molar-refractivity contribution is 4.98. The Morgan fingerprint density at radius 2 is 2.25 bits per heavy atom. The van der Waals surface area contributed by atoms with E-state index in [1.807, 2.05) is 19.6 Å². The molecule has 1 heterocycles. The molecule has 16 heavy (non-hydrogen) atoms. The van der Waals surface area contributed by atoms with Crippen LogP contribution >= 0.6 is 0 Å². The SMILES string of the molecule is CNCc1cncn1CC1CCCCC1C. The van der Waals surface area contributed by atoms with E-state index in [1.54, 1.807) is 0 Å². The lowest BCUT2D eigenvalue weighted by Crippen LogP contribution is -2.23. The molecular weight excluding hydrogens is 198 g/mol. The van der Waals surface area contributed by atoms with E-state index in [9.17, 15) is 0 Å². The fourth-order valence-electron chi connectivity index (χ4n) is 2.76. The van der Waals surface area contributed by atoms with Crippen molar-refractivity contribution in [3.63, 3.8) is 0 Å². The maximum atomic E-state index is 4.25. The minimum absolute atomic E-state index is 0.846. The maximum absolute atomic E-state index is 4.25. The van der Waals surface area contributed by atoms with Crippen molar-refractivity contribution in [1.29, 1.82) is 0 Å². The third kappa shape index (κ3) is 2.64. The summed E-state index contributed by atoms with van der Waals surface area (Å²) < 4.78 is 2.32. The largest absolute Gasteiger partial charge is 0.333 e. The van der Waals surface area contributed by atoms with Gasteiger partial charge in [0.05, 0.1) is 12.0 Å². The summed E-state index contributed by atoms with van der Waals surface area (Å²) >= 11 is 0. The van der Waals surface area contributed by atoms with E-state index in [0.717, 1.165) is 24.9 Å². The van der Waals surface area contributed by atoms with E-state index in [1.165, 1.54) is 31.4 Å². The molecule has 1 aromatic heterocycles. The van der Waals surface area contributed by atoms with Crippen LogP contribution in [0, 0.1) is 11.8 Å². The van der Waals surface area contributed by atoms with Crippen LogP contribution in [-0.2, 0) is 13.1 Å². The topological polar surface area (TPSA) is 29.9 Å². The summed E-state index contributed by atoms with van der Waals surface area (Å²) in [7, 11) is 1.99. The van der Waals surface area contributed by atoms with Gasteiger partial charge in [0.25, 0.3) is 0 Å². The number of rotatable bonds is 4.